The highest BCUT2D eigenvalue weighted by atomic mass is 35.5. The Morgan fingerprint density at radius 2 is 2.35 bits per heavy atom. The van der Waals surface area contributed by atoms with Crippen LogP contribution in [0, 0.1) is 11.2 Å². The van der Waals surface area contributed by atoms with Crippen molar-refractivity contribution in [1.82, 2.24) is 0 Å². The zero-order valence-electron chi connectivity index (χ0n) is 9.75. The molecule has 1 fully saturated rings. The molecule has 2 nitrogen and oxygen atoms in total. The monoisotopic (exact) mass is 258 g/mol. The molecule has 4 heteroatoms. The van der Waals surface area contributed by atoms with E-state index in [-0.39, 0.29) is 18.5 Å². The molecule has 1 aromatic rings. The fourth-order valence-electron chi connectivity index (χ4n) is 2.37. The fraction of sp³-hybridized carbons (Fsp3) is 0.538. The fourth-order valence-corrected chi connectivity index (χ4v) is 2.60. The summed E-state index contributed by atoms with van der Waals surface area (Å²) in [5, 5.41) is 10.00. The number of halogens is 2. The number of aliphatic hydroxyl groups is 1. The van der Waals surface area contributed by atoms with Gasteiger partial charge in [0.1, 0.15) is 5.82 Å². The lowest BCUT2D eigenvalue weighted by Gasteiger charge is -2.30. The molecule has 0 amide bonds. The third kappa shape index (κ3) is 2.32. The molecule has 0 radical (unpaired) electrons. The van der Waals surface area contributed by atoms with Crippen molar-refractivity contribution >= 4 is 11.6 Å². The largest absolute Gasteiger partial charge is 0.396 e. The van der Waals surface area contributed by atoms with Crippen molar-refractivity contribution in [3.8, 4) is 0 Å². The second-order valence-electron chi connectivity index (χ2n) is 4.66. The van der Waals surface area contributed by atoms with Gasteiger partial charge in [0, 0.05) is 22.6 Å². The minimum atomic E-state index is -0.411. The normalized spacial score (nSPS) is 28.6. The van der Waals surface area contributed by atoms with Gasteiger partial charge in [-0.1, -0.05) is 17.7 Å². The third-order valence-corrected chi connectivity index (χ3v) is 4.09. The Labute approximate surface area is 105 Å². The number of hydrogen-bond acceptors (Lipinski definition) is 2. The smallest absolute Gasteiger partial charge is 0.127 e. The molecule has 1 saturated heterocycles. The van der Waals surface area contributed by atoms with E-state index in [0.29, 0.717) is 23.6 Å². The Balaban J connectivity index is 2.30. The van der Waals surface area contributed by atoms with Crippen LogP contribution in [0.25, 0.3) is 0 Å². The van der Waals surface area contributed by atoms with Crippen molar-refractivity contribution in [1.29, 1.82) is 0 Å². The van der Waals surface area contributed by atoms with Gasteiger partial charge in [0.25, 0.3) is 0 Å². The minimum Gasteiger partial charge on any atom is -0.396 e. The van der Waals surface area contributed by atoms with Crippen molar-refractivity contribution in [3.05, 3.63) is 34.6 Å². The lowest BCUT2D eigenvalue weighted by atomic mass is 9.77. The second-order valence-corrected chi connectivity index (χ2v) is 5.07. The van der Waals surface area contributed by atoms with E-state index in [4.69, 9.17) is 16.3 Å². The van der Waals surface area contributed by atoms with Gasteiger partial charge in [-0.2, -0.15) is 0 Å². The summed E-state index contributed by atoms with van der Waals surface area (Å²) in [6, 6.07) is 4.65. The molecule has 0 aliphatic carbocycles. The van der Waals surface area contributed by atoms with Crippen molar-refractivity contribution < 1.29 is 14.2 Å². The summed E-state index contributed by atoms with van der Waals surface area (Å²) in [6.45, 7) is 2.50. The van der Waals surface area contributed by atoms with Gasteiger partial charge < -0.3 is 9.84 Å². The van der Waals surface area contributed by atoms with Gasteiger partial charge in [0.2, 0.25) is 0 Å². The SMILES string of the molecule is CC1OCCC1(CO)Cc1c(F)cccc1Cl. The average molecular weight is 259 g/mol. The first kappa shape index (κ1) is 12.8. The van der Waals surface area contributed by atoms with E-state index >= 15 is 0 Å². The summed E-state index contributed by atoms with van der Waals surface area (Å²) in [4.78, 5) is 0. The number of ether oxygens (including phenoxy) is 1. The maximum atomic E-state index is 13.7. The average Bonchev–Trinajstić information content (AvgIpc) is 2.66. The Kier molecular flexibility index (Phi) is 3.71. The van der Waals surface area contributed by atoms with E-state index in [9.17, 15) is 9.50 Å². The minimum absolute atomic E-state index is 0.0150. The van der Waals surface area contributed by atoms with Gasteiger partial charge >= 0.3 is 0 Å². The molecule has 2 atom stereocenters. The molecule has 0 saturated carbocycles. The predicted molar refractivity (Wildman–Crippen MR) is 64.7 cm³/mol. The van der Waals surface area contributed by atoms with Crippen LogP contribution in [0.4, 0.5) is 4.39 Å². The zero-order chi connectivity index (χ0) is 12.5. The second kappa shape index (κ2) is 4.92. The summed E-state index contributed by atoms with van der Waals surface area (Å²) in [5.74, 6) is -0.315. The van der Waals surface area contributed by atoms with Crippen LogP contribution in [0.2, 0.25) is 5.02 Å². The van der Waals surface area contributed by atoms with Crippen molar-refractivity contribution in [2.75, 3.05) is 13.2 Å². The molecule has 0 aromatic heterocycles. The van der Waals surface area contributed by atoms with E-state index in [1.54, 1.807) is 12.1 Å². The maximum absolute atomic E-state index is 13.7. The van der Waals surface area contributed by atoms with Gasteiger partial charge in [-0.25, -0.2) is 4.39 Å². The van der Waals surface area contributed by atoms with E-state index < -0.39 is 5.41 Å². The van der Waals surface area contributed by atoms with E-state index in [0.717, 1.165) is 6.42 Å². The molecule has 1 aliphatic heterocycles. The molecule has 1 N–H and O–H groups in total. The van der Waals surface area contributed by atoms with Crippen LogP contribution in [-0.4, -0.2) is 24.4 Å². The molecule has 1 aliphatic rings. The van der Waals surface area contributed by atoms with Gasteiger partial charge in [0.15, 0.2) is 0 Å². The van der Waals surface area contributed by atoms with Crippen LogP contribution in [-0.2, 0) is 11.2 Å². The quantitative estimate of drug-likeness (QED) is 0.903. The molecule has 1 heterocycles. The first-order valence-corrected chi connectivity index (χ1v) is 6.12. The van der Waals surface area contributed by atoms with Crippen LogP contribution in [0.5, 0.6) is 0 Å². The Bertz CT molecular complexity index is 390. The third-order valence-electron chi connectivity index (χ3n) is 3.74. The van der Waals surface area contributed by atoms with Gasteiger partial charge in [-0.15, -0.1) is 0 Å². The highest BCUT2D eigenvalue weighted by molar-refractivity contribution is 6.31. The zero-order valence-corrected chi connectivity index (χ0v) is 10.5. The predicted octanol–water partition coefficient (Wildman–Crippen LogP) is 2.81. The first-order valence-electron chi connectivity index (χ1n) is 5.74. The highest BCUT2D eigenvalue weighted by Crippen LogP contribution is 2.39. The molecule has 17 heavy (non-hydrogen) atoms. The van der Waals surface area contributed by atoms with E-state index in [1.807, 2.05) is 6.92 Å². The number of hydrogen-bond donors (Lipinski definition) is 1. The van der Waals surface area contributed by atoms with E-state index in [2.05, 4.69) is 0 Å². The standard InChI is InChI=1S/C13H16ClFO2/c1-9-13(8-16,5-6-17-9)7-10-11(14)3-2-4-12(10)15/h2-4,9,16H,5-8H2,1H3. The highest BCUT2D eigenvalue weighted by Gasteiger charge is 2.41. The van der Waals surface area contributed by atoms with Crippen molar-refractivity contribution in [2.45, 2.75) is 25.9 Å². The number of aliphatic hydroxyl groups excluding tert-OH is 1. The number of rotatable bonds is 3. The van der Waals surface area contributed by atoms with Crippen molar-refractivity contribution in [3.63, 3.8) is 0 Å². The molecule has 1 aromatic carbocycles. The van der Waals surface area contributed by atoms with Crippen LogP contribution in [0.3, 0.4) is 0 Å². The first-order chi connectivity index (χ1) is 8.09. The summed E-state index contributed by atoms with van der Waals surface area (Å²) < 4.78 is 19.2. The van der Waals surface area contributed by atoms with Crippen LogP contribution in [0.15, 0.2) is 18.2 Å². The maximum Gasteiger partial charge on any atom is 0.127 e. The topological polar surface area (TPSA) is 29.5 Å². The molecule has 0 spiro atoms. The Morgan fingerprint density at radius 3 is 2.88 bits per heavy atom. The van der Waals surface area contributed by atoms with Gasteiger partial charge in [-0.3, -0.25) is 0 Å². The molecule has 2 unspecified atom stereocenters. The molecular weight excluding hydrogens is 243 g/mol. The Hall–Kier alpha value is -0.640. The molecule has 0 bridgehead atoms. The molecule has 2 rings (SSSR count). The summed E-state index contributed by atoms with van der Waals surface area (Å²) in [5.41, 5.74) is 0.0619. The Morgan fingerprint density at radius 1 is 1.59 bits per heavy atom. The lowest BCUT2D eigenvalue weighted by Crippen LogP contribution is -2.35. The van der Waals surface area contributed by atoms with Crippen LogP contribution in [0.1, 0.15) is 18.9 Å². The van der Waals surface area contributed by atoms with E-state index in [1.165, 1.54) is 6.07 Å². The van der Waals surface area contributed by atoms with Crippen molar-refractivity contribution in [2.24, 2.45) is 5.41 Å². The van der Waals surface area contributed by atoms with Crippen LogP contribution >= 0.6 is 11.6 Å². The van der Waals surface area contributed by atoms with Gasteiger partial charge in [-0.05, 0) is 31.9 Å². The van der Waals surface area contributed by atoms with Crippen LogP contribution < -0.4 is 0 Å². The number of benzene rings is 1. The lowest BCUT2D eigenvalue weighted by molar-refractivity contribution is 0.0268. The summed E-state index contributed by atoms with van der Waals surface area (Å²) in [7, 11) is 0. The summed E-state index contributed by atoms with van der Waals surface area (Å²) in [6.07, 6.45) is 1.06. The molecule has 94 valence electrons. The molecular formula is C13H16ClFO2. The summed E-state index contributed by atoms with van der Waals surface area (Å²) >= 11 is 6.01. The van der Waals surface area contributed by atoms with Gasteiger partial charge in [0.05, 0.1) is 12.7 Å².